The maximum Gasteiger partial charge on any atom is 0.274 e. The minimum Gasteiger partial charge on any atom is -0.331 e. The van der Waals surface area contributed by atoms with Crippen LogP contribution in [0.3, 0.4) is 0 Å². The Labute approximate surface area is 122 Å². The molecule has 0 aliphatic carbocycles. The fourth-order valence-electron chi connectivity index (χ4n) is 2.54. The number of hydrogen-bond donors (Lipinski definition) is 0. The van der Waals surface area contributed by atoms with E-state index < -0.39 is 0 Å². The Balaban J connectivity index is 1.64. The normalized spacial score (nSPS) is 15.1. The molecule has 0 radical (unpaired) electrons. The van der Waals surface area contributed by atoms with Crippen molar-refractivity contribution in [3.63, 3.8) is 0 Å². The topological polar surface area (TPSA) is 37.7 Å². The second-order valence-corrected chi connectivity index (χ2v) is 5.04. The lowest BCUT2D eigenvalue weighted by molar-refractivity contribution is -0.364. The summed E-state index contributed by atoms with van der Waals surface area (Å²) in [5, 5.41) is 0. The number of hydrogen-bond acceptors (Lipinski definition) is 2. The Hall–Kier alpha value is -2.43. The monoisotopic (exact) mass is 286 g/mol. The molecule has 1 saturated heterocycles. The van der Waals surface area contributed by atoms with Gasteiger partial charge in [0.2, 0.25) is 0 Å². The van der Waals surface area contributed by atoms with Crippen LogP contribution >= 0.6 is 0 Å². The van der Waals surface area contributed by atoms with E-state index in [1.807, 2.05) is 24.4 Å². The minimum absolute atomic E-state index is 0.105. The molecule has 1 fully saturated rings. The summed E-state index contributed by atoms with van der Waals surface area (Å²) in [5.74, 6) is 0.569. The molecule has 21 heavy (non-hydrogen) atoms. The highest BCUT2D eigenvalue weighted by Gasteiger charge is 2.26. The van der Waals surface area contributed by atoms with Gasteiger partial charge in [-0.2, -0.15) is 0 Å². The van der Waals surface area contributed by atoms with Crippen molar-refractivity contribution in [2.45, 2.75) is 0 Å². The maximum absolute atomic E-state index is 13.2. The highest BCUT2D eigenvalue weighted by molar-refractivity contribution is 5.94. The third-order valence-electron chi connectivity index (χ3n) is 3.67. The Morgan fingerprint density at radius 2 is 1.86 bits per heavy atom. The zero-order valence-corrected chi connectivity index (χ0v) is 11.6. The molecule has 3 rings (SSSR count). The molecule has 108 valence electrons. The van der Waals surface area contributed by atoms with Crippen molar-refractivity contribution in [1.29, 1.82) is 0 Å². The van der Waals surface area contributed by atoms with Crippen molar-refractivity contribution < 1.29 is 14.2 Å². The molecule has 0 spiro atoms. The molecule has 1 aliphatic rings. The van der Waals surface area contributed by atoms with E-state index in [2.05, 4.69) is 9.88 Å². The van der Waals surface area contributed by atoms with Crippen LogP contribution in [0.2, 0.25) is 0 Å². The smallest absolute Gasteiger partial charge is 0.274 e. The lowest BCUT2D eigenvalue weighted by atomic mass is 10.1. The summed E-state index contributed by atoms with van der Waals surface area (Å²) in [6.07, 6.45) is 1.89. The third kappa shape index (κ3) is 3.02. The van der Waals surface area contributed by atoms with Crippen molar-refractivity contribution in [2.75, 3.05) is 31.1 Å². The maximum atomic E-state index is 13.2. The van der Waals surface area contributed by atoms with Gasteiger partial charge in [-0.25, -0.2) is 9.37 Å². The van der Waals surface area contributed by atoms with E-state index in [0.29, 0.717) is 18.7 Å². The van der Waals surface area contributed by atoms with Gasteiger partial charge in [0.15, 0.2) is 0 Å². The standard InChI is InChI=1S/C16H16FN3O/c17-14-5-3-4-13(12-14)16(21)20-10-8-19(9-11-20)15-6-1-2-7-18-15/h1-7,12H,8-11H2/p+1. The number of H-pyrrole nitrogens is 1. The molecule has 0 saturated carbocycles. The number of carbonyl (C=O) groups is 1. The van der Waals surface area contributed by atoms with Crippen LogP contribution in [0.15, 0.2) is 48.7 Å². The molecule has 2 aromatic rings. The van der Waals surface area contributed by atoms with Gasteiger partial charge >= 0.3 is 0 Å². The van der Waals surface area contributed by atoms with Crippen LogP contribution in [0.4, 0.5) is 10.2 Å². The van der Waals surface area contributed by atoms with E-state index in [1.54, 1.807) is 17.0 Å². The van der Waals surface area contributed by atoms with Crippen LogP contribution in [0.25, 0.3) is 0 Å². The lowest BCUT2D eigenvalue weighted by Crippen LogP contribution is -2.50. The summed E-state index contributed by atoms with van der Waals surface area (Å²) in [5.41, 5.74) is 0.412. The number of anilines is 1. The molecule has 5 heteroatoms. The van der Waals surface area contributed by atoms with Crippen LogP contribution in [0.1, 0.15) is 10.4 Å². The number of halogens is 1. The predicted octanol–water partition coefficient (Wildman–Crippen LogP) is 1.60. The molecular weight excluding hydrogens is 269 g/mol. The first-order valence-electron chi connectivity index (χ1n) is 7.00. The zero-order valence-electron chi connectivity index (χ0n) is 11.6. The summed E-state index contributed by atoms with van der Waals surface area (Å²) < 4.78 is 13.2. The van der Waals surface area contributed by atoms with Gasteiger partial charge in [0.1, 0.15) is 18.9 Å². The van der Waals surface area contributed by atoms with Gasteiger partial charge < -0.3 is 4.90 Å². The number of nitrogens with one attached hydrogen (secondary N) is 1. The number of benzene rings is 1. The van der Waals surface area contributed by atoms with Gasteiger partial charge in [0, 0.05) is 11.6 Å². The molecular formula is C16H17FN3O+. The van der Waals surface area contributed by atoms with Crippen molar-refractivity contribution in [3.05, 3.63) is 60.0 Å². The lowest BCUT2D eigenvalue weighted by Gasteiger charge is -2.31. The number of aromatic nitrogens is 1. The van der Waals surface area contributed by atoms with E-state index in [1.165, 1.54) is 12.1 Å². The van der Waals surface area contributed by atoms with Crippen molar-refractivity contribution in [1.82, 2.24) is 4.90 Å². The van der Waals surface area contributed by atoms with E-state index >= 15 is 0 Å². The van der Waals surface area contributed by atoms with Gasteiger partial charge in [0.25, 0.3) is 11.7 Å². The Kier molecular flexibility index (Phi) is 3.81. The number of aromatic amines is 1. The average Bonchev–Trinajstić information content (AvgIpc) is 2.55. The molecule has 1 aliphatic heterocycles. The number of pyridine rings is 1. The van der Waals surface area contributed by atoms with E-state index in [9.17, 15) is 9.18 Å². The highest BCUT2D eigenvalue weighted by Crippen LogP contribution is 2.13. The summed E-state index contributed by atoms with van der Waals surface area (Å²) in [6, 6.07) is 11.8. The first kappa shape index (κ1) is 13.5. The molecule has 1 amide bonds. The summed E-state index contributed by atoms with van der Waals surface area (Å²) >= 11 is 0. The largest absolute Gasteiger partial charge is 0.331 e. The quantitative estimate of drug-likeness (QED) is 0.841. The van der Waals surface area contributed by atoms with Crippen molar-refractivity contribution in [3.8, 4) is 0 Å². The molecule has 1 N–H and O–H groups in total. The first-order chi connectivity index (χ1) is 10.2. The van der Waals surface area contributed by atoms with Crippen molar-refractivity contribution >= 4 is 11.7 Å². The van der Waals surface area contributed by atoms with Gasteiger partial charge in [-0.1, -0.05) is 12.1 Å². The van der Waals surface area contributed by atoms with Gasteiger partial charge in [-0.15, -0.1) is 0 Å². The summed E-state index contributed by atoms with van der Waals surface area (Å²) in [6.45, 7) is 2.80. The number of piperazine rings is 1. The molecule has 0 atom stereocenters. The highest BCUT2D eigenvalue weighted by atomic mass is 19.1. The molecule has 0 bridgehead atoms. The van der Waals surface area contributed by atoms with Gasteiger partial charge in [0.05, 0.1) is 19.3 Å². The third-order valence-corrected chi connectivity index (χ3v) is 3.67. The van der Waals surface area contributed by atoms with E-state index in [0.717, 1.165) is 18.9 Å². The van der Waals surface area contributed by atoms with E-state index in [4.69, 9.17) is 0 Å². The molecule has 1 aromatic heterocycles. The Morgan fingerprint density at radius 3 is 2.52 bits per heavy atom. The molecule has 1 aromatic carbocycles. The fourth-order valence-corrected chi connectivity index (χ4v) is 2.54. The zero-order chi connectivity index (χ0) is 14.7. The van der Waals surface area contributed by atoms with Crippen LogP contribution < -0.4 is 9.88 Å². The van der Waals surface area contributed by atoms with Crippen LogP contribution in [0.5, 0.6) is 0 Å². The number of rotatable bonds is 2. The van der Waals surface area contributed by atoms with E-state index in [-0.39, 0.29) is 11.7 Å². The van der Waals surface area contributed by atoms with Crippen LogP contribution in [0, 0.1) is 5.82 Å². The second-order valence-electron chi connectivity index (χ2n) is 5.04. The Bertz CT molecular complexity index is 624. The molecule has 0 unspecified atom stereocenters. The van der Waals surface area contributed by atoms with Gasteiger partial charge in [-0.3, -0.25) is 9.69 Å². The predicted molar refractivity (Wildman–Crippen MR) is 77.5 cm³/mol. The number of nitrogens with zero attached hydrogens (tertiary/aromatic N) is 2. The molecule has 2 heterocycles. The summed E-state index contributed by atoms with van der Waals surface area (Å²) in [7, 11) is 0. The fraction of sp³-hybridized carbons (Fsp3) is 0.250. The van der Waals surface area contributed by atoms with Crippen LogP contribution in [-0.2, 0) is 0 Å². The number of amides is 1. The SMILES string of the molecule is O=C(c1cccc(F)c1)N1CCN(c2cccc[nH+]2)CC1. The van der Waals surface area contributed by atoms with Crippen molar-refractivity contribution in [2.24, 2.45) is 0 Å². The second kappa shape index (κ2) is 5.91. The first-order valence-corrected chi connectivity index (χ1v) is 7.00. The number of carbonyl (C=O) groups excluding carboxylic acids is 1. The Morgan fingerprint density at radius 1 is 1.05 bits per heavy atom. The summed E-state index contributed by atoms with van der Waals surface area (Å²) in [4.78, 5) is 19.5. The molecule has 4 nitrogen and oxygen atoms in total. The minimum atomic E-state index is -0.377. The van der Waals surface area contributed by atoms with Crippen LogP contribution in [-0.4, -0.2) is 37.0 Å². The van der Waals surface area contributed by atoms with Gasteiger partial charge in [-0.05, 0) is 24.3 Å². The average molecular weight is 286 g/mol.